The number of carbonyl (C=O) groups excluding carboxylic acids is 1. The van der Waals surface area contributed by atoms with E-state index >= 15 is 0 Å². The minimum atomic E-state index is 0.263. The van der Waals surface area contributed by atoms with Gasteiger partial charge < -0.3 is 0 Å². The lowest BCUT2D eigenvalue weighted by molar-refractivity contribution is -0.116. The van der Waals surface area contributed by atoms with E-state index in [1.54, 1.807) is 0 Å². The predicted octanol–water partition coefficient (Wildman–Crippen LogP) is 7.91. The summed E-state index contributed by atoms with van der Waals surface area (Å²) >= 11 is 0. The Morgan fingerprint density at radius 1 is 1.07 bits per heavy atom. The van der Waals surface area contributed by atoms with E-state index in [0.717, 1.165) is 42.9 Å². The van der Waals surface area contributed by atoms with Crippen molar-refractivity contribution in [2.24, 2.45) is 40.4 Å². The molecule has 0 aromatic carbocycles. The number of fused-ring (bicyclic) bond motifs is 5. The highest BCUT2D eigenvalue weighted by Crippen LogP contribution is 2.66. The number of allylic oxidation sites excluding steroid dienone is 4. The van der Waals surface area contributed by atoms with Crippen molar-refractivity contribution in [3.05, 3.63) is 23.3 Å². The maximum absolute atomic E-state index is 12.0. The Hall–Kier alpha value is -0.850. The van der Waals surface area contributed by atoms with Crippen LogP contribution in [0.2, 0.25) is 0 Å². The van der Waals surface area contributed by atoms with Gasteiger partial charge in [-0.05, 0) is 85.0 Å². The van der Waals surface area contributed by atoms with Gasteiger partial charge in [-0.1, -0.05) is 77.5 Å². The molecule has 4 unspecified atom stereocenters. The van der Waals surface area contributed by atoms with Crippen LogP contribution in [0.15, 0.2) is 23.3 Å². The standard InChI is InChI=1S/C28H44O/c1-6-19(2)8-7-9-20(3)24-12-13-25-23-11-10-21-18-22(29)14-16-27(21,4)26(23)15-17-28(24,25)5/h11,18-20,24-26H,6-10,12-17H2,1-5H3/t19?,20?,24-,25?,26?,27+,28-/m1/s1. The quantitative estimate of drug-likeness (QED) is 0.417. The van der Waals surface area contributed by atoms with Crippen LogP contribution in [0.25, 0.3) is 0 Å². The molecule has 0 spiro atoms. The largest absolute Gasteiger partial charge is 0.295 e. The molecule has 4 aliphatic rings. The van der Waals surface area contributed by atoms with Crippen LogP contribution in [-0.2, 0) is 4.79 Å². The van der Waals surface area contributed by atoms with Crippen molar-refractivity contribution >= 4 is 5.78 Å². The monoisotopic (exact) mass is 396 g/mol. The van der Waals surface area contributed by atoms with Crippen molar-refractivity contribution in [2.45, 2.75) is 105 Å². The van der Waals surface area contributed by atoms with E-state index in [9.17, 15) is 4.79 Å². The summed E-state index contributed by atoms with van der Waals surface area (Å²) in [6.45, 7) is 12.4. The van der Waals surface area contributed by atoms with Crippen LogP contribution in [0, 0.1) is 40.4 Å². The molecule has 2 saturated carbocycles. The van der Waals surface area contributed by atoms with E-state index in [-0.39, 0.29) is 5.41 Å². The molecule has 1 heteroatoms. The Bertz CT molecular complexity index is 699. The van der Waals surface area contributed by atoms with Crippen LogP contribution in [-0.4, -0.2) is 5.78 Å². The lowest BCUT2D eigenvalue weighted by Crippen LogP contribution is -2.46. The third-order valence-electron chi connectivity index (χ3n) is 10.2. The summed E-state index contributed by atoms with van der Waals surface area (Å²) in [5, 5.41) is 0. The highest BCUT2D eigenvalue weighted by atomic mass is 16.1. The summed E-state index contributed by atoms with van der Waals surface area (Å²) in [5.41, 5.74) is 4.03. The minimum absolute atomic E-state index is 0.263. The number of rotatable bonds is 6. The normalized spacial score (nSPS) is 41.0. The van der Waals surface area contributed by atoms with Crippen LogP contribution in [0.1, 0.15) is 105 Å². The van der Waals surface area contributed by atoms with Crippen LogP contribution in [0.4, 0.5) is 0 Å². The van der Waals surface area contributed by atoms with Crippen molar-refractivity contribution < 1.29 is 4.79 Å². The molecular formula is C28H44O. The molecule has 0 aliphatic heterocycles. The van der Waals surface area contributed by atoms with Gasteiger partial charge in [0.25, 0.3) is 0 Å². The lowest BCUT2D eigenvalue weighted by atomic mass is 9.50. The van der Waals surface area contributed by atoms with E-state index in [4.69, 9.17) is 0 Å². The van der Waals surface area contributed by atoms with Crippen LogP contribution in [0.5, 0.6) is 0 Å². The Morgan fingerprint density at radius 3 is 2.62 bits per heavy atom. The molecule has 2 fully saturated rings. The summed E-state index contributed by atoms with van der Waals surface area (Å²) in [7, 11) is 0. The van der Waals surface area contributed by atoms with Gasteiger partial charge in [0, 0.05) is 6.42 Å². The van der Waals surface area contributed by atoms with Crippen molar-refractivity contribution in [3.8, 4) is 0 Å². The highest BCUT2D eigenvalue weighted by molar-refractivity contribution is 5.91. The van der Waals surface area contributed by atoms with Crippen molar-refractivity contribution in [3.63, 3.8) is 0 Å². The highest BCUT2D eigenvalue weighted by Gasteiger charge is 2.56. The Morgan fingerprint density at radius 2 is 1.86 bits per heavy atom. The fraction of sp³-hybridized carbons (Fsp3) is 0.821. The Kier molecular flexibility index (Phi) is 5.91. The van der Waals surface area contributed by atoms with Gasteiger partial charge in [0.1, 0.15) is 0 Å². The van der Waals surface area contributed by atoms with Gasteiger partial charge >= 0.3 is 0 Å². The number of ketones is 1. The SMILES string of the molecule is CCC(C)CCCC(C)[C@H]1CCC2C3=CCC4=CC(=O)CC[C@]4(C)C3CC[C@@]21C. The smallest absolute Gasteiger partial charge is 0.155 e. The van der Waals surface area contributed by atoms with E-state index in [1.807, 2.05) is 11.6 Å². The first kappa shape index (κ1) is 21.4. The van der Waals surface area contributed by atoms with Crippen LogP contribution in [0.3, 0.4) is 0 Å². The predicted molar refractivity (Wildman–Crippen MR) is 123 cm³/mol. The van der Waals surface area contributed by atoms with Gasteiger partial charge in [-0.25, -0.2) is 0 Å². The Labute approximate surface area is 179 Å². The zero-order chi connectivity index (χ0) is 20.8. The van der Waals surface area contributed by atoms with E-state index in [1.165, 1.54) is 56.9 Å². The van der Waals surface area contributed by atoms with E-state index < -0.39 is 0 Å². The second kappa shape index (κ2) is 8.01. The fourth-order valence-electron chi connectivity index (χ4n) is 8.03. The molecule has 0 radical (unpaired) electrons. The molecule has 0 amide bonds. The number of carbonyl (C=O) groups is 1. The summed E-state index contributed by atoms with van der Waals surface area (Å²) in [5.74, 6) is 4.54. The summed E-state index contributed by atoms with van der Waals surface area (Å²) in [4.78, 5) is 12.0. The second-order valence-electron chi connectivity index (χ2n) is 11.7. The zero-order valence-electron chi connectivity index (χ0n) is 19.7. The summed E-state index contributed by atoms with van der Waals surface area (Å²) in [6, 6.07) is 0. The van der Waals surface area contributed by atoms with E-state index in [0.29, 0.717) is 17.1 Å². The summed E-state index contributed by atoms with van der Waals surface area (Å²) in [6.07, 6.45) is 18.6. The minimum Gasteiger partial charge on any atom is -0.295 e. The molecule has 0 aromatic heterocycles. The topological polar surface area (TPSA) is 17.1 Å². The van der Waals surface area contributed by atoms with Gasteiger partial charge in [0.05, 0.1) is 0 Å². The maximum atomic E-state index is 12.0. The maximum Gasteiger partial charge on any atom is 0.155 e. The molecule has 29 heavy (non-hydrogen) atoms. The van der Waals surface area contributed by atoms with Gasteiger partial charge in [-0.2, -0.15) is 0 Å². The Balaban J connectivity index is 1.50. The molecule has 162 valence electrons. The number of hydrogen-bond acceptors (Lipinski definition) is 1. The van der Waals surface area contributed by atoms with Crippen molar-refractivity contribution in [1.29, 1.82) is 0 Å². The molecule has 4 rings (SSSR count). The first-order valence-corrected chi connectivity index (χ1v) is 12.7. The molecule has 0 N–H and O–H groups in total. The fourth-order valence-corrected chi connectivity index (χ4v) is 8.03. The third kappa shape index (κ3) is 3.59. The molecule has 0 bridgehead atoms. The molecular weight excluding hydrogens is 352 g/mol. The first-order chi connectivity index (χ1) is 13.8. The average molecular weight is 397 g/mol. The lowest BCUT2D eigenvalue weighted by Gasteiger charge is -2.55. The van der Waals surface area contributed by atoms with Gasteiger partial charge in [0.2, 0.25) is 0 Å². The van der Waals surface area contributed by atoms with Crippen LogP contribution >= 0.6 is 0 Å². The first-order valence-electron chi connectivity index (χ1n) is 12.7. The number of hydrogen-bond donors (Lipinski definition) is 0. The van der Waals surface area contributed by atoms with Gasteiger partial charge in [0.15, 0.2) is 5.78 Å². The molecule has 1 nitrogen and oxygen atoms in total. The average Bonchev–Trinajstić information content (AvgIpc) is 3.05. The third-order valence-corrected chi connectivity index (χ3v) is 10.2. The van der Waals surface area contributed by atoms with Crippen LogP contribution < -0.4 is 0 Å². The molecule has 0 heterocycles. The molecule has 7 atom stereocenters. The molecule has 0 saturated heterocycles. The molecule has 4 aliphatic carbocycles. The second-order valence-corrected chi connectivity index (χ2v) is 11.7. The van der Waals surface area contributed by atoms with Gasteiger partial charge in [-0.3, -0.25) is 4.79 Å². The van der Waals surface area contributed by atoms with Gasteiger partial charge in [-0.15, -0.1) is 0 Å². The van der Waals surface area contributed by atoms with Crippen molar-refractivity contribution in [2.75, 3.05) is 0 Å². The molecule has 0 aromatic rings. The zero-order valence-corrected chi connectivity index (χ0v) is 19.7. The van der Waals surface area contributed by atoms with E-state index in [2.05, 4.69) is 40.7 Å². The van der Waals surface area contributed by atoms with Crippen molar-refractivity contribution in [1.82, 2.24) is 0 Å². The summed E-state index contributed by atoms with van der Waals surface area (Å²) < 4.78 is 0.